The molecule has 1 aromatic heterocycles. The van der Waals surface area contributed by atoms with E-state index in [1.54, 1.807) is 0 Å². The van der Waals surface area contributed by atoms with Crippen LogP contribution in [-0.2, 0) is 19.4 Å². The van der Waals surface area contributed by atoms with E-state index in [1.165, 1.54) is 0 Å². The fourth-order valence-electron chi connectivity index (χ4n) is 3.09. The van der Waals surface area contributed by atoms with Crippen molar-refractivity contribution in [3.8, 4) is 0 Å². The number of halogens is 4. The van der Waals surface area contributed by atoms with Crippen LogP contribution < -0.4 is 5.73 Å². The highest BCUT2D eigenvalue weighted by atomic mass is 35.5. The van der Waals surface area contributed by atoms with E-state index in [4.69, 9.17) is 18.0 Å². The summed E-state index contributed by atoms with van der Waals surface area (Å²) in [6, 6.07) is 1.78. The summed E-state index contributed by atoms with van der Waals surface area (Å²) in [6.07, 6.45) is 1.98. The smallest absolute Gasteiger partial charge is 0.177 e. The molecule has 0 saturated carbocycles. The molecule has 2 aromatic rings. The molecule has 3 nitrogen and oxygen atoms in total. The van der Waals surface area contributed by atoms with Gasteiger partial charge in [-0.1, -0.05) is 0 Å². The van der Waals surface area contributed by atoms with Crippen molar-refractivity contribution in [2.75, 3.05) is 6.54 Å². The minimum Gasteiger partial charge on any atom is -0.334 e. The van der Waals surface area contributed by atoms with Crippen LogP contribution >= 0.6 is 24.6 Å². The number of hydrogen-bond donors (Lipinski definition) is 2. The number of fused-ring (bicyclic) bond motifs is 1. The number of aryl methyl sites for hydroxylation is 1. The fourth-order valence-corrected chi connectivity index (χ4v) is 3.40. The molecular weight excluding hydrogens is 347 g/mol. The molecule has 0 saturated heterocycles. The maximum Gasteiger partial charge on any atom is 0.177 e. The summed E-state index contributed by atoms with van der Waals surface area (Å²) in [4.78, 5) is 3.12. The van der Waals surface area contributed by atoms with E-state index in [0.717, 1.165) is 36.4 Å². The van der Waals surface area contributed by atoms with Crippen LogP contribution in [0.3, 0.4) is 0 Å². The minimum atomic E-state index is -1.10. The topological polar surface area (TPSA) is 46.7 Å². The number of aromatic amines is 1. The summed E-state index contributed by atoms with van der Waals surface area (Å²) in [7, 11) is 0. The van der Waals surface area contributed by atoms with Gasteiger partial charge in [0.05, 0.1) is 0 Å². The number of H-pyrrole nitrogens is 1. The van der Waals surface area contributed by atoms with Crippen molar-refractivity contribution in [1.82, 2.24) is 9.55 Å². The van der Waals surface area contributed by atoms with Gasteiger partial charge in [-0.25, -0.2) is 13.2 Å². The average molecular weight is 364 g/mol. The lowest BCUT2D eigenvalue weighted by Gasteiger charge is -2.12. The third kappa shape index (κ3) is 3.18. The minimum absolute atomic E-state index is 0. The van der Waals surface area contributed by atoms with Gasteiger partial charge in [0.1, 0.15) is 5.82 Å². The Balaban J connectivity index is 0.00000192. The Morgan fingerprint density at radius 2 is 1.96 bits per heavy atom. The molecule has 1 aromatic carbocycles. The van der Waals surface area contributed by atoms with Crippen molar-refractivity contribution in [3.63, 3.8) is 0 Å². The largest absolute Gasteiger partial charge is 0.334 e. The summed E-state index contributed by atoms with van der Waals surface area (Å²) in [5.74, 6) is -3.29. The molecule has 2 heterocycles. The molecule has 0 bridgehead atoms. The second kappa shape index (κ2) is 7.07. The third-order valence-electron chi connectivity index (χ3n) is 4.14. The maximum atomic E-state index is 14.0. The summed E-state index contributed by atoms with van der Waals surface area (Å²) in [6.45, 7) is 0.909. The summed E-state index contributed by atoms with van der Waals surface area (Å²) < 4.78 is 43.7. The van der Waals surface area contributed by atoms with Crippen LogP contribution in [0.4, 0.5) is 13.2 Å². The van der Waals surface area contributed by atoms with Crippen molar-refractivity contribution in [1.29, 1.82) is 0 Å². The van der Waals surface area contributed by atoms with E-state index in [0.29, 0.717) is 24.3 Å². The first kappa shape index (κ1) is 18.0. The number of rotatable bonds is 4. The first-order chi connectivity index (χ1) is 10.5. The Morgan fingerprint density at radius 1 is 1.26 bits per heavy atom. The van der Waals surface area contributed by atoms with Crippen LogP contribution in [0, 0.1) is 22.2 Å². The van der Waals surface area contributed by atoms with Gasteiger partial charge in [-0.15, -0.1) is 12.4 Å². The second-order valence-corrected chi connectivity index (χ2v) is 5.90. The molecule has 0 radical (unpaired) electrons. The standard InChI is InChI=1S/C15H16F3N3S.ClH/c16-9-3-4-10(17)14(18)13(9)8-6-12-11(2-1-5-19)20-15(22)21(12)7-8;/h3-4,8H,1-2,5-7,19H2,(H,20,22);1H. The van der Waals surface area contributed by atoms with Gasteiger partial charge in [0.25, 0.3) is 0 Å². The monoisotopic (exact) mass is 363 g/mol. The second-order valence-electron chi connectivity index (χ2n) is 5.52. The van der Waals surface area contributed by atoms with Gasteiger partial charge in [-0.05, 0) is 50.2 Å². The van der Waals surface area contributed by atoms with Gasteiger partial charge >= 0.3 is 0 Å². The Morgan fingerprint density at radius 3 is 2.65 bits per heavy atom. The molecule has 3 rings (SSSR count). The predicted molar refractivity (Wildman–Crippen MR) is 87.0 cm³/mol. The third-order valence-corrected chi connectivity index (χ3v) is 4.46. The van der Waals surface area contributed by atoms with Crippen LogP contribution in [0.25, 0.3) is 0 Å². The first-order valence-electron chi connectivity index (χ1n) is 7.17. The molecule has 1 aliphatic heterocycles. The van der Waals surface area contributed by atoms with E-state index in [9.17, 15) is 13.2 Å². The van der Waals surface area contributed by atoms with Gasteiger partial charge in [-0.3, -0.25) is 0 Å². The van der Waals surface area contributed by atoms with Crippen molar-refractivity contribution in [3.05, 3.63) is 51.3 Å². The normalized spacial score (nSPS) is 16.3. The number of imidazole rings is 1. The van der Waals surface area contributed by atoms with Gasteiger partial charge in [0.2, 0.25) is 0 Å². The molecule has 23 heavy (non-hydrogen) atoms. The predicted octanol–water partition coefficient (Wildman–Crippen LogP) is 3.62. The Hall–Kier alpha value is -1.31. The number of hydrogen-bond acceptors (Lipinski definition) is 2. The Bertz CT molecular complexity index is 772. The summed E-state index contributed by atoms with van der Waals surface area (Å²) >= 11 is 5.26. The van der Waals surface area contributed by atoms with E-state index < -0.39 is 23.4 Å². The van der Waals surface area contributed by atoms with E-state index in [-0.39, 0.29) is 18.0 Å². The Labute approximate surface area is 143 Å². The average Bonchev–Trinajstić information content (AvgIpc) is 3.03. The van der Waals surface area contributed by atoms with Gasteiger partial charge in [0.15, 0.2) is 16.4 Å². The fraction of sp³-hybridized carbons (Fsp3) is 0.400. The van der Waals surface area contributed by atoms with Crippen molar-refractivity contribution in [2.24, 2.45) is 5.73 Å². The van der Waals surface area contributed by atoms with Crippen molar-refractivity contribution >= 4 is 24.6 Å². The molecule has 1 aliphatic rings. The number of benzene rings is 1. The molecule has 1 unspecified atom stereocenters. The van der Waals surface area contributed by atoms with Crippen LogP contribution in [0.5, 0.6) is 0 Å². The maximum absolute atomic E-state index is 14.0. The first-order valence-corrected chi connectivity index (χ1v) is 7.57. The zero-order chi connectivity index (χ0) is 15.9. The number of nitrogens with two attached hydrogens (primary N) is 1. The van der Waals surface area contributed by atoms with E-state index in [1.807, 2.05) is 4.57 Å². The highest BCUT2D eigenvalue weighted by molar-refractivity contribution is 7.71. The van der Waals surface area contributed by atoms with Crippen molar-refractivity contribution in [2.45, 2.75) is 31.7 Å². The highest BCUT2D eigenvalue weighted by Gasteiger charge is 2.31. The summed E-state index contributed by atoms with van der Waals surface area (Å²) in [5.41, 5.74) is 7.21. The summed E-state index contributed by atoms with van der Waals surface area (Å²) in [5, 5.41) is 0. The Kier molecular flexibility index (Phi) is 5.54. The molecular formula is C15H17ClF3N3S. The van der Waals surface area contributed by atoms with Gasteiger partial charge in [0, 0.05) is 29.4 Å². The molecule has 1 atom stereocenters. The SMILES string of the molecule is Cl.NCCCc1[nH]c(=S)n2c1CC(c1c(F)ccc(F)c1F)C2. The quantitative estimate of drug-likeness (QED) is 0.644. The van der Waals surface area contributed by atoms with E-state index >= 15 is 0 Å². The van der Waals surface area contributed by atoms with Crippen LogP contribution in [0.1, 0.15) is 29.3 Å². The molecule has 8 heteroatoms. The highest BCUT2D eigenvalue weighted by Crippen LogP contribution is 2.35. The van der Waals surface area contributed by atoms with Crippen LogP contribution in [0.2, 0.25) is 0 Å². The molecule has 3 N–H and O–H groups in total. The molecule has 0 aliphatic carbocycles. The van der Waals surface area contributed by atoms with E-state index in [2.05, 4.69) is 4.98 Å². The zero-order valence-electron chi connectivity index (χ0n) is 12.2. The molecule has 0 amide bonds. The lowest BCUT2D eigenvalue weighted by atomic mass is 9.95. The van der Waals surface area contributed by atoms with Crippen molar-refractivity contribution < 1.29 is 13.2 Å². The zero-order valence-corrected chi connectivity index (χ0v) is 13.9. The molecule has 0 spiro atoms. The lowest BCUT2D eigenvalue weighted by Crippen LogP contribution is -2.09. The molecule has 0 fully saturated rings. The molecule has 126 valence electrons. The number of aromatic nitrogens is 2. The van der Waals surface area contributed by atoms with Crippen LogP contribution in [-0.4, -0.2) is 16.1 Å². The van der Waals surface area contributed by atoms with Crippen LogP contribution in [0.15, 0.2) is 12.1 Å². The van der Waals surface area contributed by atoms with Gasteiger partial charge < -0.3 is 15.3 Å². The number of nitrogens with one attached hydrogen (secondary N) is 1. The van der Waals surface area contributed by atoms with Gasteiger partial charge in [-0.2, -0.15) is 0 Å². The number of nitrogens with zero attached hydrogens (tertiary/aromatic N) is 1. The lowest BCUT2D eigenvalue weighted by molar-refractivity contribution is 0.459.